The number of guanidine groups is 1. The van der Waals surface area contributed by atoms with Gasteiger partial charge in [-0.1, -0.05) is 12.1 Å². The highest BCUT2D eigenvalue weighted by Gasteiger charge is 2.45. The number of halogens is 1. The van der Waals surface area contributed by atoms with Crippen LogP contribution in [0.25, 0.3) is 0 Å². The molecular weight excluding hydrogens is 501 g/mol. The van der Waals surface area contributed by atoms with Gasteiger partial charge < -0.3 is 15.4 Å². The zero-order chi connectivity index (χ0) is 20.2. The Morgan fingerprint density at radius 3 is 2.52 bits per heavy atom. The highest BCUT2D eigenvalue weighted by molar-refractivity contribution is 14.0. The molecule has 2 fully saturated rings. The van der Waals surface area contributed by atoms with Gasteiger partial charge in [0.2, 0.25) is 0 Å². The van der Waals surface area contributed by atoms with Gasteiger partial charge >= 0.3 is 0 Å². The molecule has 0 bridgehead atoms. The molecule has 0 aromatic heterocycles. The molecule has 2 aliphatic rings. The van der Waals surface area contributed by atoms with Gasteiger partial charge in [-0.05, 0) is 57.1 Å². The molecule has 0 amide bonds. The Hall–Kier alpha value is -1.03. The first-order chi connectivity index (χ1) is 13.3. The van der Waals surface area contributed by atoms with E-state index >= 15 is 0 Å². The summed E-state index contributed by atoms with van der Waals surface area (Å²) in [7, 11) is -1.23. The lowest BCUT2D eigenvalue weighted by atomic mass is 10.1. The summed E-state index contributed by atoms with van der Waals surface area (Å²) in [6, 6.07) is 6.31. The van der Waals surface area contributed by atoms with Crippen LogP contribution in [0.5, 0.6) is 5.75 Å². The Morgan fingerprint density at radius 2 is 1.93 bits per heavy atom. The molecular formula is C21H34IN3O3S. The summed E-state index contributed by atoms with van der Waals surface area (Å²) in [5.41, 5.74) is 2.17. The van der Waals surface area contributed by atoms with Crippen molar-refractivity contribution in [1.29, 1.82) is 0 Å². The third-order valence-corrected chi connectivity index (χ3v) is 6.78. The molecule has 2 aliphatic carbocycles. The molecule has 6 nitrogen and oxygen atoms in total. The molecule has 164 valence electrons. The van der Waals surface area contributed by atoms with Gasteiger partial charge in [0, 0.05) is 37.4 Å². The van der Waals surface area contributed by atoms with Crippen molar-refractivity contribution in [3.8, 4) is 5.75 Å². The van der Waals surface area contributed by atoms with Crippen LogP contribution in [0.1, 0.15) is 49.7 Å². The molecule has 29 heavy (non-hydrogen) atoms. The van der Waals surface area contributed by atoms with Crippen molar-refractivity contribution in [3.05, 3.63) is 29.3 Å². The lowest BCUT2D eigenvalue weighted by molar-refractivity contribution is 0.207. The average Bonchev–Trinajstić information content (AvgIpc) is 3.16. The van der Waals surface area contributed by atoms with Crippen LogP contribution in [-0.4, -0.2) is 46.1 Å². The van der Waals surface area contributed by atoms with E-state index in [4.69, 9.17) is 4.74 Å². The summed E-state index contributed by atoms with van der Waals surface area (Å²) >= 11 is 0. The Bertz CT molecular complexity index is 816. The first kappa shape index (κ1) is 24.2. The molecule has 1 aromatic rings. The van der Waals surface area contributed by atoms with E-state index in [9.17, 15) is 8.42 Å². The van der Waals surface area contributed by atoms with E-state index in [1.54, 1.807) is 7.05 Å². The van der Waals surface area contributed by atoms with E-state index in [1.165, 1.54) is 24.7 Å². The van der Waals surface area contributed by atoms with Crippen LogP contribution in [0, 0.1) is 12.3 Å². The lowest BCUT2D eigenvalue weighted by Crippen LogP contribution is -2.41. The maximum Gasteiger partial charge on any atom is 0.191 e. The molecule has 2 saturated carbocycles. The number of nitrogens with one attached hydrogen (secondary N) is 2. The van der Waals surface area contributed by atoms with E-state index in [0.29, 0.717) is 25.2 Å². The van der Waals surface area contributed by atoms with Gasteiger partial charge in [0.05, 0.1) is 11.9 Å². The summed E-state index contributed by atoms with van der Waals surface area (Å²) in [5.74, 6) is 1.87. The summed E-state index contributed by atoms with van der Waals surface area (Å²) in [6.07, 6.45) is 8.28. The van der Waals surface area contributed by atoms with Crippen molar-refractivity contribution in [2.75, 3.05) is 25.6 Å². The zero-order valence-electron chi connectivity index (χ0n) is 17.7. The van der Waals surface area contributed by atoms with Gasteiger partial charge in [-0.25, -0.2) is 8.42 Å². The molecule has 0 radical (unpaired) electrons. The van der Waals surface area contributed by atoms with Crippen LogP contribution in [0.4, 0.5) is 0 Å². The molecule has 1 aromatic carbocycles. The number of benzene rings is 1. The van der Waals surface area contributed by atoms with Gasteiger partial charge in [0.1, 0.15) is 15.6 Å². The summed E-state index contributed by atoms with van der Waals surface area (Å²) in [4.78, 5) is 4.29. The molecule has 3 rings (SSSR count). The third kappa shape index (κ3) is 7.62. The monoisotopic (exact) mass is 535 g/mol. The van der Waals surface area contributed by atoms with Crippen LogP contribution in [0.3, 0.4) is 0 Å². The normalized spacial score (nSPS) is 18.8. The van der Waals surface area contributed by atoms with E-state index < -0.39 is 9.84 Å². The Labute approximate surface area is 192 Å². The molecule has 0 atom stereocenters. The number of aryl methyl sites for hydroxylation is 1. The summed E-state index contributed by atoms with van der Waals surface area (Å²) < 4.78 is 29.5. The standard InChI is InChI=1S/C21H33N3O3S.HI/c1-16-8-9-17(19(12-16)27-18-6-4-5-7-18)13-23-20(22-2)24-14-21(10-11-21)15-28(3,25)26;/h8-9,12,18H,4-7,10-11,13-15H2,1-3H3,(H2,22,23,24);1H. The first-order valence-corrected chi connectivity index (χ1v) is 12.2. The van der Waals surface area contributed by atoms with Gasteiger partial charge in [0.15, 0.2) is 5.96 Å². The summed E-state index contributed by atoms with van der Waals surface area (Å²) in [5, 5.41) is 6.65. The van der Waals surface area contributed by atoms with Crippen LogP contribution >= 0.6 is 24.0 Å². The van der Waals surface area contributed by atoms with Crippen LogP contribution in [0.15, 0.2) is 23.2 Å². The SMILES string of the molecule is CN=C(NCc1ccc(C)cc1OC1CCCC1)NCC1(CS(C)(=O)=O)CC1.I. The minimum atomic E-state index is -2.97. The molecule has 0 saturated heterocycles. The second-order valence-corrected chi connectivity index (χ2v) is 10.6. The van der Waals surface area contributed by atoms with Gasteiger partial charge in [-0.3, -0.25) is 4.99 Å². The molecule has 0 spiro atoms. The number of nitrogens with zero attached hydrogens (tertiary/aromatic N) is 1. The molecule has 0 aliphatic heterocycles. The maximum atomic E-state index is 11.6. The highest BCUT2D eigenvalue weighted by atomic mass is 127. The minimum absolute atomic E-state index is 0. The third-order valence-electron chi connectivity index (χ3n) is 5.64. The number of rotatable bonds is 8. The fourth-order valence-corrected chi connectivity index (χ4v) is 5.38. The quantitative estimate of drug-likeness (QED) is 0.303. The van der Waals surface area contributed by atoms with Crippen LogP contribution in [-0.2, 0) is 16.4 Å². The fourth-order valence-electron chi connectivity index (χ4n) is 3.88. The number of hydrogen-bond acceptors (Lipinski definition) is 4. The predicted octanol–water partition coefficient (Wildman–Crippen LogP) is 3.42. The average molecular weight is 535 g/mol. The van der Waals surface area contributed by atoms with Crippen LogP contribution < -0.4 is 15.4 Å². The second-order valence-electron chi connectivity index (χ2n) is 8.48. The first-order valence-electron chi connectivity index (χ1n) is 10.2. The van der Waals surface area contributed by atoms with Crippen molar-refractivity contribution < 1.29 is 13.2 Å². The van der Waals surface area contributed by atoms with Crippen molar-refractivity contribution in [2.24, 2.45) is 10.4 Å². The number of ether oxygens (including phenoxy) is 1. The largest absolute Gasteiger partial charge is 0.490 e. The van der Waals surface area contributed by atoms with Crippen molar-refractivity contribution in [3.63, 3.8) is 0 Å². The van der Waals surface area contributed by atoms with E-state index in [0.717, 1.165) is 37.0 Å². The van der Waals surface area contributed by atoms with Gasteiger partial charge in [-0.2, -0.15) is 0 Å². The molecule has 8 heteroatoms. The lowest BCUT2D eigenvalue weighted by Gasteiger charge is -2.20. The minimum Gasteiger partial charge on any atom is -0.490 e. The van der Waals surface area contributed by atoms with Gasteiger partial charge in [-0.15, -0.1) is 24.0 Å². The number of aliphatic imine (C=N–C) groups is 1. The predicted molar refractivity (Wildman–Crippen MR) is 129 cm³/mol. The Balaban J connectivity index is 0.00000300. The zero-order valence-corrected chi connectivity index (χ0v) is 20.8. The van der Waals surface area contributed by atoms with E-state index in [1.807, 2.05) is 0 Å². The van der Waals surface area contributed by atoms with E-state index in [-0.39, 0.29) is 35.1 Å². The summed E-state index contributed by atoms with van der Waals surface area (Å²) in [6.45, 7) is 3.32. The second kappa shape index (κ2) is 10.3. The smallest absolute Gasteiger partial charge is 0.191 e. The van der Waals surface area contributed by atoms with Crippen LogP contribution in [0.2, 0.25) is 0 Å². The van der Waals surface area contributed by atoms with E-state index in [2.05, 4.69) is 40.7 Å². The van der Waals surface area contributed by atoms with Crippen molar-refractivity contribution in [1.82, 2.24) is 10.6 Å². The number of hydrogen-bond donors (Lipinski definition) is 2. The molecule has 2 N–H and O–H groups in total. The molecule has 0 heterocycles. The topological polar surface area (TPSA) is 79.8 Å². The maximum absolute atomic E-state index is 11.6. The highest BCUT2D eigenvalue weighted by Crippen LogP contribution is 2.46. The Kier molecular flexibility index (Phi) is 8.63. The number of sulfone groups is 1. The van der Waals surface area contributed by atoms with Gasteiger partial charge in [0.25, 0.3) is 0 Å². The van der Waals surface area contributed by atoms with Crippen molar-refractivity contribution in [2.45, 2.75) is 58.1 Å². The van der Waals surface area contributed by atoms with Crippen molar-refractivity contribution >= 4 is 39.8 Å². The Morgan fingerprint density at radius 1 is 1.24 bits per heavy atom. The fraction of sp³-hybridized carbons (Fsp3) is 0.667. The molecule has 0 unspecified atom stereocenters.